The number of carbonyl (C=O) groups excluding carboxylic acids is 1. The van der Waals surface area contributed by atoms with Crippen LogP contribution in [0.5, 0.6) is 17.2 Å². The largest absolute Gasteiger partial charge is 0.493 e. The Balaban J connectivity index is 1.73. The van der Waals surface area contributed by atoms with Gasteiger partial charge >= 0.3 is 0 Å². The minimum atomic E-state index is -0.165. The number of aromatic nitrogens is 1. The van der Waals surface area contributed by atoms with Gasteiger partial charge in [0.15, 0.2) is 11.5 Å². The first-order valence-electron chi connectivity index (χ1n) is 10.6. The molecule has 0 fully saturated rings. The second kappa shape index (κ2) is 9.61. The molecule has 0 aliphatic carbocycles. The van der Waals surface area contributed by atoms with Gasteiger partial charge in [0.2, 0.25) is 11.7 Å². The Morgan fingerprint density at radius 2 is 1.52 bits per heavy atom. The number of rotatable bonds is 7. The van der Waals surface area contributed by atoms with Crippen LogP contribution in [-0.2, 0) is 11.2 Å². The Bertz CT molecular complexity index is 1280. The number of para-hydroxylation sites is 1. The fraction of sp³-hybridized carbons (Fsp3) is 0.185. The molecule has 0 saturated carbocycles. The van der Waals surface area contributed by atoms with Gasteiger partial charge in [0.05, 0.1) is 33.3 Å². The van der Waals surface area contributed by atoms with Gasteiger partial charge in [0, 0.05) is 28.9 Å². The summed E-state index contributed by atoms with van der Waals surface area (Å²) in [6.45, 7) is 1.95. The number of hydrogen-bond donors (Lipinski definition) is 1. The summed E-state index contributed by atoms with van der Waals surface area (Å²) in [5.74, 6) is 1.25. The molecule has 4 rings (SSSR count). The highest BCUT2D eigenvalue weighted by atomic mass is 16.5. The lowest BCUT2D eigenvalue weighted by atomic mass is 9.92. The quantitative estimate of drug-likeness (QED) is 0.414. The molecule has 6 nitrogen and oxygen atoms in total. The molecule has 1 N–H and O–H groups in total. The molecule has 3 aromatic carbocycles. The lowest BCUT2D eigenvalue weighted by Gasteiger charge is -2.17. The maximum absolute atomic E-state index is 13.2. The van der Waals surface area contributed by atoms with Gasteiger partial charge in [0.25, 0.3) is 0 Å². The number of nitrogens with one attached hydrogen (secondary N) is 1. The summed E-state index contributed by atoms with van der Waals surface area (Å²) in [5.41, 5.74) is 5.26. The first-order valence-corrected chi connectivity index (χ1v) is 10.6. The fourth-order valence-corrected chi connectivity index (χ4v) is 4.04. The average molecular weight is 443 g/mol. The van der Waals surface area contributed by atoms with Crippen LogP contribution in [0, 0.1) is 6.92 Å². The number of fused-ring (bicyclic) bond motifs is 1. The third-order valence-electron chi connectivity index (χ3n) is 5.55. The Hall–Kier alpha value is -4.06. The molecular formula is C27H26N2O4. The normalized spacial score (nSPS) is 10.7. The highest BCUT2D eigenvalue weighted by Gasteiger charge is 2.19. The highest BCUT2D eigenvalue weighted by Crippen LogP contribution is 2.40. The van der Waals surface area contributed by atoms with E-state index in [4.69, 9.17) is 19.2 Å². The summed E-state index contributed by atoms with van der Waals surface area (Å²) in [7, 11) is 4.62. The van der Waals surface area contributed by atoms with Crippen molar-refractivity contribution in [2.75, 3.05) is 26.6 Å². The molecule has 1 aromatic heterocycles. The zero-order valence-electron chi connectivity index (χ0n) is 19.1. The lowest BCUT2D eigenvalue weighted by molar-refractivity contribution is -0.115. The van der Waals surface area contributed by atoms with Crippen molar-refractivity contribution in [2.24, 2.45) is 0 Å². The minimum absolute atomic E-state index is 0.165. The van der Waals surface area contributed by atoms with Gasteiger partial charge < -0.3 is 19.5 Å². The van der Waals surface area contributed by atoms with Crippen molar-refractivity contribution in [3.05, 3.63) is 78.0 Å². The van der Waals surface area contributed by atoms with E-state index in [2.05, 4.69) is 17.4 Å². The molecule has 0 aliphatic heterocycles. The zero-order chi connectivity index (χ0) is 23.4. The number of carbonyl (C=O) groups is 1. The molecule has 0 saturated heterocycles. The minimum Gasteiger partial charge on any atom is -0.493 e. The fourth-order valence-electron chi connectivity index (χ4n) is 4.04. The van der Waals surface area contributed by atoms with Crippen LogP contribution in [0.25, 0.3) is 22.0 Å². The summed E-state index contributed by atoms with van der Waals surface area (Å²) >= 11 is 0. The standard InChI is InChI=1S/C27H26N2O4/c1-17-21(16-25(30)29-19-14-23(31-2)27(33-4)24(15-19)32-3)26(18-10-6-5-7-11-18)20-12-8-9-13-22(20)28-17/h5-15H,16H2,1-4H3,(H,29,30). The number of methoxy groups -OCH3 is 3. The van der Waals surface area contributed by atoms with Crippen molar-refractivity contribution in [2.45, 2.75) is 13.3 Å². The van der Waals surface area contributed by atoms with E-state index < -0.39 is 0 Å². The third kappa shape index (κ3) is 4.46. The molecule has 0 radical (unpaired) electrons. The van der Waals surface area contributed by atoms with Crippen LogP contribution in [0.2, 0.25) is 0 Å². The number of benzene rings is 3. The van der Waals surface area contributed by atoms with Crippen LogP contribution < -0.4 is 19.5 Å². The van der Waals surface area contributed by atoms with Crippen molar-refractivity contribution in [3.63, 3.8) is 0 Å². The summed E-state index contributed by atoms with van der Waals surface area (Å²) in [6.07, 6.45) is 0.171. The Morgan fingerprint density at radius 1 is 0.879 bits per heavy atom. The van der Waals surface area contributed by atoms with Crippen LogP contribution in [0.3, 0.4) is 0 Å². The number of nitrogens with zero attached hydrogens (tertiary/aromatic N) is 1. The molecule has 0 bridgehead atoms. The van der Waals surface area contributed by atoms with Crippen molar-refractivity contribution in [1.29, 1.82) is 0 Å². The molecule has 1 heterocycles. The van der Waals surface area contributed by atoms with Crippen molar-refractivity contribution in [1.82, 2.24) is 4.98 Å². The van der Waals surface area contributed by atoms with E-state index in [0.29, 0.717) is 22.9 Å². The predicted octanol–water partition coefficient (Wildman–Crippen LogP) is 5.42. The van der Waals surface area contributed by atoms with Crippen molar-refractivity contribution >= 4 is 22.5 Å². The monoisotopic (exact) mass is 442 g/mol. The maximum Gasteiger partial charge on any atom is 0.228 e. The van der Waals surface area contributed by atoms with Gasteiger partial charge in [0.1, 0.15) is 0 Å². The topological polar surface area (TPSA) is 69.7 Å². The van der Waals surface area contributed by atoms with E-state index in [0.717, 1.165) is 33.3 Å². The number of aryl methyl sites for hydroxylation is 1. The molecule has 1 amide bonds. The number of anilines is 1. The van der Waals surface area contributed by atoms with Crippen LogP contribution >= 0.6 is 0 Å². The summed E-state index contributed by atoms with van der Waals surface area (Å²) < 4.78 is 16.2. The summed E-state index contributed by atoms with van der Waals surface area (Å²) in [6, 6.07) is 21.5. The Labute approximate surface area is 193 Å². The van der Waals surface area contributed by atoms with E-state index in [1.807, 2.05) is 49.4 Å². The molecule has 33 heavy (non-hydrogen) atoms. The van der Waals surface area contributed by atoms with Gasteiger partial charge in [-0.05, 0) is 29.7 Å². The number of amides is 1. The Kier molecular flexibility index (Phi) is 6.45. The maximum atomic E-state index is 13.2. The molecule has 0 aliphatic rings. The van der Waals surface area contributed by atoms with Gasteiger partial charge in [-0.15, -0.1) is 0 Å². The molecule has 0 spiro atoms. The SMILES string of the molecule is COc1cc(NC(=O)Cc2c(C)nc3ccccc3c2-c2ccccc2)cc(OC)c1OC. The zero-order valence-corrected chi connectivity index (χ0v) is 19.1. The van der Waals surface area contributed by atoms with E-state index in [1.165, 1.54) is 0 Å². The predicted molar refractivity (Wildman–Crippen MR) is 130 cm³/mol. The van der Waals surface area contributed by atoms with E-state index >= 15 is 0 Å². The van der Waals surface area contributed by atoms with Gasteiger partial charge in [-0.1, -0.05) is 48.5 Å². The number of pyridine rings is 1. The Morgan fingerprint density at radius 3 is 2.15 bits per heavy atom. The second-order valence-electron chi connectivity index (χ2n) is 7.57. The smallest absolute Gasteiger partial charge is 0.228 e. The van der Waals surface area contributed by atoms with Gasteiger partial charge in [-0.25, -0.2) is 0 Å². The number of ether oxygens (including phenoxy) is 3. The first kappa shape index (κ1) is 22.1. The number of hydrogen-bond acceptors (Lipinski definition) is 5. The van der Waals surface area contributed by atoms with E-state index in [1.54, 1.807) is 33.5 Å². The van der Waals surface area contributed by atoms with E-state index in [9.17, 15) is 4.79 Å². The van der Waals surface area contributed by atoms with Crippen LogP contribution in [-0.4, -0.2) is 32.2 Å². The molecule has 6 heteroatoms. The van der Waals surface area contributed by atoms with Gasteiger partial charge in [-0.3, -0.25) is 9.78 Å². The second-order valence-corrected chi connectivity index (χ2v) is 7.57. The average Bonchev–Trinajstić information content (AvgIpc) is 2.84. The van der Waals surface area contributed by atoms with Crippen LogP contribution in [0.4, 0.5) is 5.69 Å². The van der Waals surface area contributed by atoms with Gasteiger partial charge in [-0.2, -0.15) is 0 Å². The van der Waals surface area contributed by atoms with E-state index in [-0.39, 0.29) is 12.3 Å². The molecule has 4 aromatic rings. The summed E-state index contributed by atoms with van der Waals surface area (Å²) in [5, 5.41) is 3.98. The lowest BCUT2D eigenvalue weighted by Crippen LogP contribution is -2.16. The molecule has 0 unspecified atom stereocenters. The van der Waals surface area contributed by atoms with Crippen LogP contribution in [0.1, 0.15) is 11.3 Å². The van der Waals surface area contributed by atoms with Crippen LogP contribution in [0.15, 0.2) is 66.7 Å². The molecule has 168 valence electrons. The summed E-state index contributed by atoms with van der Waals surface area (Å²) in [4.78, 5) is 17.9. The highest BCUT2D eigenvalue weighted by molar-refractivity contribution is 6.00. The van der Waals surface area contributed by atoms with Crippen molar-refractivity contribution in [3.8, 4) is 28.4 Å². The first-order chi connectivity index (χ1) is 16.0. The van der Waals surface area contributed by atoms with Crippen molar-refractivity contribution < 1.29 is 19.0 Å². The third-order valence-corrected chi connectivity index (χ3v) is 5.55. The molecule has 0 atom stereocenters. The molecular weight excluding hydrogens is 416 g/mol.